The molecule has 0 radical (unpaired) electrons. The van der Waals surface area contributed by atoms with Crippen LogP contribution in [-0.2, 0) is 6.54 Å². The number of nitrogens with one attached hydrogen (secondary N) is 1. The fourth-order valence-corrected chi connectivity index (χ4v) is 2.97. The van der Waals surface area contributed by atoms with E-state index in [1.165, 1.54) is 50.9 Å². The van der Waals surface area contributed by atoms with Crippen LogP contribution in [0.5, 0.6) is 0 Å². The predicted octanol–water partition coefficient (Wildman–Crippen LogP) is 4.35. The van der Waals surface area contributed by atoms with E-state index in [1.807, 2.05) is 18.2 Å². The van der Waals surface area contributed by atoms with E-state index in [-0.39, 0.29) is 0 Å². The Labute approximate surface area is 132 Å². The fraction of sp³-hybridized carbons (Fsp3) is 0.625. The Kier molecular flexibility index (Phi) is 6.63. The zero-order valence-electron chi connectivity index (χ0n) is 12.2. The molecule has 0 saturated carbocycles. The topological polar surface area (TPSA) is 15.3 Å². The van der Waals surface area contributed by atoms with Gasteiger partial charge in [0, 0.05) is 12.6 Å². The van der Waals surface area contributed by atoms with Crippen molar-refractivity contribution in [2.45, 2.75) is 45.2 Å². The fourth-order valence-electron chi connectivity index (χ4n) is 2.65. The van der Waals surface area contributed by atoms with Crippen LogP contribution in [0.1, 0.15) is 38.2 Å². The zero-order valence-corrected chi connectivity index (χ0v) is 13.7. The summed E-state index contributed by atoms with van der Waals surface area (Å²) < 4.78 is 0. The minimum absolute atomic E-state index is 0.625. The summed E-state index contributed by atoms with van der Waals surface area (Å²) >= 11 is 12.0. The van der Waals surface area contributed by atoms with Crippen LogP contribution in [0.15, 0.2) is 18.2 Å². The Hall–Kier alpha value is -0.280. The number of piperidine rings is 1. The van der Waals surface area contributed by atoms with E-state index in [0.29, 0.717) is 16.1 Å². The van der Waals surface area contributed by atoms with Crippen LogP contribution in [0.4, 0.5) is 0 Å². The molecule has 0 spiro atoms. The van der Waals surface area contributed by atoms with Crippen LogP contribution >= 0.6 is 23.2 Å². The highest BCUT2D eigenvalue weighted by Crippen LogP contribution is 2.22. The molecule has 0 bridgehead atoms. The molecule has 1 aromatic carbocycles. The molecule has 0 unspecified atom stereocenters. The summed E-state index contributed by atoms with van der Waals surface area (Å²) in [5, 5.41) is 4.90. The van der Waals surface area contributed by atoms with Gasteiger partial charge in [0.1, 0.15) is 0 Å². The molecule has 1 heterocycles. The second-order valence-electron chi connectivity index (χ2n) is 5.60. The number of nitrogens with zero attached hydrogens (tertiary/aromatic N) is 1. The van der Waals surface area contributed by atoms with Crippen molar-refractivity contribution >= 4 is 23.2 Å². The van der Waals surface area contributed by atoms with Crippen molar-refractivity contribution in [1.82, 2.24) is 10.2 Å². The molecule has 1 aliphatic heterocycles. The average Bonchev–Trinajstić information content (AvgIpc) is 2.47. The molecule has 1 aliphatic rings. The van der Waals surface area contributed by atoms with Gasteiger partial charge in [0.2, 0.25) is 0 Å². The predicted molar refractivity (Wildman–Crippen MR) is 87.7 cm³/mol. The van der Waals surface area contributed by atoms with Crippen LogP contribution in [0, 0.1) is 0 Å². The summed E-state index contributed by atoms with van der Waals surface area (Å²) in [5.41, 5.74) is 1.20. The Balaban J connectivity index is 1.71. The van der Waals surface area contributed by atoms with E-state index in [4.69, 9.17) is 23.2 Å². The molecule has 1 saturated heterocycles. The Morgan fingerprint density at radius 3 is 2.60 bits per heavy atom. The third kappa shape index (κ3) is 4.92. The lowest BCUT2D eigenvalue weighted by atomic mass is 10.0. The summed E-state index contributed by atoms with van der Waals surface area (Å²) in [4.78, 5) is 2.58. The average molecular weight is 315 g/mol. The lowest BCUT2D eigenvalue weighted by molar-refractivity contribution is 0.195. The number of benzene rings is 1. The molecule has 2 nitrogen and oxygen atoms in total. The summed E-state index contributed by atoms with van der Waals surface area (Å²) in [5.74, 6) is 0. The maximum absolute atomic E-state index is 6.04. The van der Waals surface area contributed by atoms with Crippen LogP contribution in [0.2, 0.25) is 10.0 Å². The molecular weight excluding hydrogens is 291 g/mol. The summed E-state index contributed by atoms with van der Waals surface area (Å²) in [7, 11) is 0. The monoisotopic (exact) mass is 314 g/mol. The van der Waals surface area contributed by atoms with Gasteiger partial charge in [-0.05, 0) is 56.6 Å². The number of hydrogen-bond acceptors (Lipinski definition) is 2. The van der Waals surface area contributed by atoms with Crippen molar-refractivity contribution in [3.8, 4) is 0 Å². The van der Waals surface area contributed by atoms with E-state index in [9.17, 15) is 0 Å². The van der Waals surface area contributed by atoms with Gasteiger partial charge in [-0.3, -0.25) is 0 Å². The maximum atomic E-state index is 6.04. The first kappa shape index (κ1) is 16.1. The molecule has 4 heteroatoms. The molecule has 20 heavy (non-hydrogen) atoms. The van der Waals surface area contributed by atoms with E-state index >= 15 is 0 Å². The van der Waals surface area contributed by atoms with Crippen molar-refractivity contribution < 1.29 is 0 Å². The van der Waals surface area contributed by atoms with Crippen molar-refractivity contribution in [1.29, 1.82) is 0 Å². The highest BCUT2D eigenvalue weighted by Gasteiger charge is 2.18. The van der Waals surface area contributed by atoms with E-state index < -0.39 is 0 Å². The molecule has 2 rings (SSSR count). The molecule has 1 N–H and O–H groups in total. The number of likely N-dealkylation sites (tertiary alicyclic amines) is 1. The Bertz CT molecular complexity index is 415. The number of hydrogen-bond donors (Lipinski definition) is 1. The van der Waals surface area contributed by atoms with Crippen molar-refractivity contribution in [2.24, 2.45) is 0 Å². The summed E-state index contributed by atoms with van der Waals surface area (Å²) in [6.07, 6.45) is 5.09. The number of rotatable bonds is 6. The second-order valence-corrected chi connectivity index (χ2v) is 6.41. The largest absolute Gasteiger partial charge is 0.310 e. The lowest BCUT2D eigenvalue weighted by Crippen LogP contribution is -2.42. The van der Waals surface area contributed by atoms with Gasteiger partial charge in [0.25, 0.3) is 0 Å². The first-order chi connectivity index (χ1) is 9.69. The van der Waals surface area contributed by atoms with Gasteiger partial charge >= 0.3 is 0 Å². The molecule has 1 fully saturated rings. The minimum atomic E-state index is 0.625. The van der Waals surface area contributed by atoms with Crippen molar-refractivity contribution in [3.05, 3.63) is 33.8 Å². The van der Waals surface area contributed by atoms with Crippen molar-refractivity contribution in [2.75, 3.05) is 19.6 Å². The first-order valence-corrected chi connectivity index (χ1v) is 8.34. The standard InChI is InChI=1S/C16H24Cl2N2/c1-2-3-8-20-9-6-14(7-10-20)19-12-13-4-5-15(17)16(18)11-13/h4-5,11,14,19H,2-3,6-10,12H2,1H3. The highest BCUT2D eigenvalue weighted by atomic mass is 35.5. The lowest BCUT2D eigenvalue weighted by Gasteiger charge is -2.32. The number of halogens is 2. The molecule has 112 valence electrons. The second kappa shape index (κ2) is 8.23. The van der Waals surface area contributed by atoms with Crippen LogP contribution in [-0.4, -0.2) is 30.6 Å². The molecule has 0 aromatic heterocycles. The van der Waals surface area contributed by atoms with Gasteiger partial charge in [0.05, 0.1) is 10.0 Å². The van der Waals surface area contributed by atoms with Gasteiger partial charge in [-0.1, -0.05) is 42.6 Å². The Morgan fingerprint density at radius 2 is 1.95 bits per heavy atom. The van der Waals surface area contributed by atoms with Crippen molar-refractivity contribution in [3.63, 3.8) is 0 Å². The third-order valence-electron chi connectivity index (χ3n) is 3.99. The van der Waals surface area contributed by atoms with Gasteiger partial charge < -0.3 is 10.2 Å². The first-order valence-electron chi connectivity index (χ1n) is 7.58. The van der Waals surface area contributed by atoms with Crippen LogP contribution in [0.3, 0.4) is 0 Å². The van der Waals surface area contributed by atoms with E-state index in [1.54, 1.807) is 0 Å². The molecule has 0 aliphatic carbocycles. The number of unbranched alkanes of at least 4 members (excludes halogenated alkanes) is 1. The van der Waals surface area contributed by atoms with Gasteiger partial charge in [-0.2, -0.15) is 0 Å². The Morgan fingerprint density at radius 1 is 1.20 bits per heavy atom. The summed E-state index contributed by atoms with van der Waals surface area (Å²) in [6.45, 7) is 6.83. The minimum Gasteiger partial charge on any atom is -0.310 e. The van der Waals surface area contributed by atoms with Crippen LogP contribution < -0.4 is 5.32 Å². The van der Waals surface area contributed by atoms with E-state index in [0.717, 1.165) is 6.54 Å². The van der Waals surface area contributed by atoms with Gasteiger partial charge in [0.15, 0.2) is 0 Å². The van der Waals surface area contributed by atoms with Gasteiger partial charge in [-0.15, -0.1) is 0 Å². The zero-order chi connectivity index (χ0) is 14.4. The molecule has 1 aromatic rings. The van der Waals surface area contributed by atoms with Gasteiger partial charge in [-0.25, -0.2) is 0 Å². The normalized spacial score (nSPS) is 17.6. The van der Waals surface area contributed by atoms with E-state index in [2.05, 4.69) is 17.1 Å². The molecular formula is C16H24Cl2N2. The molecule has 0 atom stereocenters. The quantitative estimate of drug-likeness (QED) is 0.840. The third-order valence-corrected chi connectivity index (χ3v) is 4.73. The highest BCUT2D eigenvalue weighted by molar-refractivity contribution is 6.42. The SMILES string of the molecule is CCCCN1CCC(NCc2ccc(Cl)c(Cl)c2)CC1. The molecule has 0 amide bonds. The smallest absolute Gasteiger partial charge is 0.0595 e. The summed E-state index contributed by atoms with van der Waals surface area (Å²) in [6, 6.07) is 6.49. The maximum Gasteiger partial charge on any atom is 0.0595 e. The van der Waals surface area contributed by atoms with Crippen LogP contribution in [0.25, 0.3) is 0 Å².